The molecule has 0 saturated heterocycles. The summed E-state index contributed by atoms with van der Waals surface area (Å²) < 4.78 is 9.52. The van der Waals surface area contributed by atoms with Crippen molar-refractivity contribution in [1.29, 1.82) is 0 Å². The smallest absolute Gasteiger partial charge is 0.339 e. The molecule has 0 aliphatic heterocycles. The molecule has 2 N–H and O–H groups in total. The van der Waals surface area contributed by atoms with E-state index in [1.165, 1.54) is 26.2 Å². The van der Waals surface area contributed by atoms with Crippen LogP contribution in [0, 0.1) is 0 Å². The van der Waals surface area contributed by atoms with Gasteiger partial charge in [-0.2, -0.15) is 0 Å². The fraction of sp³-hybridized carbons (Fsp3) is 0.333. The van der Waals surface area contributed by atoms with Gasteiger partial charge in [-0.25, -0.2) is 4.79 Å². The minimum Gasteiger partial charge on any atom is -0.495 e. The van der Waals surface area contributed by atoms with Gasteiger partial charge in [-0.1, -0.05) is 11.6 Å². The molecule has 0 radical (unpaired) electrons. The molecule has 6 nitrogen and oxygen atoms in total. The summed E-state index contributed by atoms with van der Waals surface area (Å²) in [6, 6.07) is 2.97. The molecule has 0 heterocycles. The summed E-state index contributed by atoms with van der Waals surface area (Å²) in [5, 5.41) is 12.5. The summed E-state index contributed by atoms with van der Waals surface area (Å²) in [6.45, 7) is 1.29. The highest BCUT2D eigenvalue weighted by molar-refractivity contribution is 6.32. The lowest BCUT2D eigenvalue weighted by molar-refractivity contribution is -0.150. The lowest BCUT2D eigenvalue weighted by atomic mass is 10.1. The maximum Gasteiger partial charge on any atom is 0.339 e. The highest BCUT2D eigenvalue weighted by atomic mass is 35.5. The number of benzene rings is 1. The lowest BCUT2D eigenvalue weighted by Crippen LogP contribution is -2.18. The third-order valence-corrected chi connectivity index (χ3v) is 2.70. The Kier molecular flexibility index (Phi) is 5.14. The van der Waals surface area contributed by atoms with Crippen LogP contribution in [-0.2, 0) is 14.3 Å². The first-order valence-electron chi connectivity index (χ1n) is 5.32. The predicted octanol–water partition coefficient (Wildman–Crippen LogP) is 1.51. The second kappa shape index (κ2) is 6.40. The van der Waals surface area contributed by atoms with E-state index < -0.39 is 12.1 Å². The van der Waals surface area contributed by atoms with Gasteiger partial charge in [0.2, 0.25) is 5.91 Å². The van der Waals surface area contributed by atoms with E-state index in [4.69, 9.17) is 16.3 Å². The van der Waals surface area contributed by atoms with Crippen LogP contribution < -0.4 is 10.1 Å². The lowest BCUT2D eigenvalue weighted by Gasteiger charge is -2.18. The van der Waals surface area contributed by atoms with Gasteiger partial charge in [0.25, 0.3) is 0 Å². The van der Waals surface area contributed by atoms with E-state index in [0.717, 1.165) is 7.11 Å². The van der Waals surface area contributed by atoms with Crippen LogP contribution in [-0.4, -0.2) is 31.2 Å². The van der Waals surface area contributed by atoms with E-state index >= 15 is 0 Å². The number of anilines is 1. The van der Waals surface area contributed by atoms with Gasteiger partial charge in [0, 0.05) is 17.5 Å². The number of carbonyl (C=O) groups excluding carboxylic acids is 2. The standard InChI is InChI=1S/C12H14ClNO5/c1-6(15)14-10-8(18-2)5-4-7(13)9(10)11(16)12(17)19-3/h4-5,11,16H,1-3H3,(H,14,15). The zero-order chi connectivity index (χ0) is 14.6. The summed E-state index contributed by atoms with van der Waals surface area (Å²) >= 11 is 5.96. The van der Waals surface area contributed by atoms with Gasteiger partial charge in [-0.05, 0) is 12.1 Å². The van der Waals surface area contributed by atoms with Crippen molar-refractivity contribution in [2.75, 3.05) is 19.5 Å². The fourth-order valence-electron chi connectivity index (χ4n) is 1.55. The largest absolute Gasteiger partial charge is 0.495 e. The monoisotopic (exact) mass is 287 g/mol. The van der Waals surface area contributed by atoms with Crippen molar-refractivity contribution in [1.82, 2.24) is 0 Å². The van der Waals surface area contributed by atoms with Crippen molar-refractivity contribution in [2.24, 2.45) is 0 Å². The van der Waals surface area contributed by atoms with E-state index in [-0.39, 0.29) is 27.9 Å². The maximum atomic E-state index is 11.4. The number of methoxy groups -OCH3 is 2. The molecule has 1 aromatic rings. The number of ether oxygens (including phenoxy) is 2. The topological polar surface area (TPSA) is 84.9 Å². The average molecular weight is 288 g/mol. The van der Waals surface area contributed by atoms with E-state index in [2.05, 4.69) is 10.1 Å². The molecule has 0 saturated carbocycles. The van der Waals surface area contributed by atoms with Crippen LogP contribution in [0.5, 0.6) is 5.75 Å². The summed E-state index contributed by atoms with van der Waals surface area (Å²) in [5.74, 6) is -1.00. The highest BCUT2D eigenvalue weighted by Gasteiger charge is 2.26. The molecular formula is C12H14ClNO5. The number of halogens is 1. The number of carbonyl (C=O) groups is 2. The first-order valence-corrected chi connectivity index (χ1v) is 5.70. The minimum atomic E-state index is -1.62. The Morgan fingerprint density at radius 1 is 1.37 bits per heavy atom. The van der Waals surface area contributed by atoms with Crippen molar-refractivity contribution < 1.29 is 24.2 Å². The second-order valence-electron chi connectivity index (χ2n) is 3.65. The van der Waals surface area contributed by atoms with E-state index in [1.807, 2.05) is 0 Å². The second-order valence-corrected chi connectivity index (χ2v) is 4.05. The number of hydrogen-bond acceptors (Lipinski definition) is 5. The van der Waals surface area contributed by atoms with Crippen LogP contribution in [0.4, 0.5) is 5.69 Å². The molecule has 0 aliphatic carbocycles. The van der Waals surface area contributed by atoms with Crippen molar-refractivity contribution in [3.05, 3.63) is 22.7 Å². The molecule has 0 aliphatic rings. The molecule has 19 heavy (non-hydrogen) atoms. The third-order valence-electron chi connectivity index (χ3n) is 2.37. The maximum absolute atomic E-state index is 11.4. The van der Waals surface area contributed by atoms with Gasteiger partial charge in [0.15, 0.2) is 6.10 Å². The molecule has 1 atom stereocenters. The SMILES string of the molecule is COC(=O)C(O)c1c(Cl)ccc(OC)c1NC(C)=O. The summed E-state index contributed by atoms with van der Waals surface area (Å²) in [4.78, 5) is 22.6. The Hall–Kier alpha value is -1.79. The molecule has 0 bridgehead atoms. The van der Waals surface area contributed by atoms with E-state index in [0.29, 0.717) is 0 Å². The number of hydrogen-bond donors (Lipinski definition) is 2. The average Bonchev–Trinajstić information content (AvgIpc) is 2.37. The molecule has 104 valence electrons. The number of rotatable bonds is 4. The Morgan fingerprint density at radius 3 is 2.47 bits per heavy atom. The molecule has 1 aromatic carbocycles. The Balaban J connectivity index is 3.41. The Morgan fingerprint density at radius 2 is 2.00 bits per heavy atom. The van der Waals surface area contributed by atoms with E-state index in [9.17, 15) is 14.7 Å². The van der Waals surface area contributed by atoms with Gasteiger partial charge in [-0.15, -0.1) is 0 Å². The molecular weight excluding hydrogens is 274 g/mol. The summed E-state index contributed by atoms with van der Waals surface area (Å²) in [6.07, 6.45) is -1.62. The van der Waals surface area contributed by atoms with Gasteiger partial charge in [0.1, 0.15) is 5.75 Å². The number of aliphatic hydroxyl groups excluding tert-OH is 1. The molecule has 0 fully saturated rings. The van der Waals surface area contributed by atoms with Crippen LogP contribution >= 0.6 is 11.6 Å². The number of aliphatic hydroxyl groups is 1. The van der Waals surface area contributed by atoms with Gasteiger partial charge in [-0.3, -0.25) is 4.79 Å². The normalized spacial score (nSPS) is 11.6. The molecule has 0 spiro atoms. The van der Waals surface area contributed by atoms with Gasteiger partial charge >= 0.3 is 5.97 Å². The van der Waals surface area contributed by atoms with Crippen LogP contribution in [0.3, 0.4) is 0 Å². The predicted molar refractivity (Wildman–Crippen MR) is 69.3 cm³/mol. The van der Waals surface area contributed by atoms with Crippen molar-refractivity contribution in [2.45, 2.75) is 13.0 Å². The zero-order valence-electron chi connectivity index (χ0n) is 10.7. The minimum absolute atomic E-state index is 0.0306. The highest BCUT2D eigenvalue weighted by Crippen LogP contribution is 2.38. The first kappa shape index (κ1) is 15.3. The van der Waals surface area contributed by atoms with Crippen LogP contribution in [0.2, 0.25) is 5.02 Å². The zero-order valence-corrected chi connectivity index (χ0v) is 11.4. The number of esters is 1. The summed E-state index contributed by atoms with van der Waals surface area (Å²) in [5.41, 5.74) is 0.170. The first-order chi connectivity index (χ1) is 8.92. The van der Waals surface area contributed by atoms with Crippen molar-refractivity contribution >= 4 is 29.2 Å². The number of amides is 1. The molecule has 1 unspecified atom stereocenters. The van der Waals surface area contributed by atoms with Crippen LogP contribution in [0.15, 0.2) is 12.1 Å². The molecule has 1 rings (SSSR count). The van der Waals surface area contributed by atoms with E-state index in [1.54, 1.807) is 0 Å². The molecule has 1 amide bonds. The number of nitrogens with one attached hydrogen (secondary N) is 1. The Bertz CT molecular complexity index is 503. The van der Waals surface area contributed by atoms with Gasteiger partial charge in [0.05, 0.1) is 19.9 Å². The van der Waals surface area contributed by atoms with Crippen LogP contribution in [0.1, 0.15) is 18.6 Å². The quantitative estimate of drug-likeness (QED) is 0.820. The molecule has 7 heteroatoms. The fourth-order valence-corrected chi connectivity index (χ4v) is 1.81. The third kappa shape index (κ3) is 3.36. The summed E-state index contributed by atoms with van der Waals surface area (Å²) in [7, 11) is 2.53. The Labute approximate surface area is 115 Å². The van der Waals surface area contributed by atoms with Gasteiger partial charge < -0.3 is 19.9 Å². The van der Waals surface area contributed by atoms with Crippen molar-refractivity contribution in [3.63, 3.8) is 0 Å². The van der Waals surface area contributed by atoms with Crippen LogP contribution in [0.25, 0.3) is 0 Å². The molecule has 0 aromatic heterocycles. The van der Waals surface area contributed by atoms with Crippen molar-refractivity contribution in [3.8, 4) is 5.75 Å².